The Morgan fingerprint density at radius 2 is 2.19 bits per heavy atom. The molecule has 16 heavy (non-hydrogen) atoms. The molecule has 2 rings (SSSR count). The lowest BCUT2D eigenvalue weighted by Crippen LogP contribution is -2.32. The van der Waals surface area contributed by atoms with Crippen LogP contribution in [-0.2, 0) is 16.6 Å². The molecule has 0 bridgehead atoms. The maximum atomic E-state index is 12.2. The summed E-state index contributed by atoms with van der Waals surface area (Å²) in [6, 6.07) is 3.43. The molecule has 4 nitrogen and oxygen atoms in total. The zero-order valence-corrected chi connectivity index (χ0v) is 10.7. The van der Waals surface area contributed by atoms with Crippen LogP contribution in [0, 0.1) is 0 Å². The second kappa shape index (κ2) is 4.44. The first-order valence-electron chi connectivity index (χ1n) is 5.31. The molecule has 1 aliphatic carbocycles. The lowest BCUT2D eigenvalue weighted by atomic mass is 10.5. The Balaban J connectivity index is 2.29. The van der Waals surface area contributed by atoms with Crippen molar-refractivity contribution in [1.82, 2.24) is 4.31 Å². The summed E-state index contributed by atoms with van der Waals surface area (Å²) >= 11 is 1.15. The monoisotopic (exact) mass is 261 g/mol. The normalized spacial score (nSPS) is 16.9. The third-order valence-electron chi connectivity index (χ3n) is 2.62. The number of nitrogens with zero attached hydrogens (tertiary/aromatic N) is 1. The Labute approximate surface area is 99.6 Å². The van der Waals surface area contributed by atoms with Crippen molar-refractivity contribution in [1.29, 1.82) is 0 Å². The zero-order valence-electron chi connectivity index (χ0n) is 9.09. The number of hydrogen-bond acceptors (Lipinski definition) is 4. The van der Waals surface area contributed by atoms with Crippen LogP contribution in [0.25, 0.3) is 0 Å². The molecule has 0 radical (unpaired) electrons. The predicted molar refractivity (Wildman–Crippen MR) is 62.8 cm³/mol. The van der Waals surface area contributed by atoms with E-state index in [0.717, 1.165) is 24.2 Å². The Kier molecular flexibility index (Phi) is 3.34. The van der Waals surface area contributed by atoms with Crippen molar-refractivity contribution >= 4 is 21.4 Å². The summed E-state index contributed by atoms with van der Waals surface area (Å²) in [7, 11) is -3.34. The molecule has 0 saturated heterocycles. The highest BCUT2D eigenvalue weighted by Gasteiger charge is 2.37. The minimum atomic E-state index is -3.34. The number of thiophene rings is 1. The average molecular weight is 261 g/mol. The number of aliphatic hydroxyl groups is 1. The van der Waals surface area contributed by atoms with Crippen LogP contribution < -0.4 is 0 Å². The van der Waals surface area contributed by atoms with Crippen LogP contribution in [0.1, 0.15) is 24.6 Å². The molecule has 1 aliphatic rings. The molecule has 0 atom stereocenters. The molecular weight excluding hydrogens is 246 g/mol. The SMILES string of the molecule is CCN(C1CC1)S(=O)(=O)c1ccc(CO)s1. The quantitative estimate of drug-likeness (QED) is 0.872. The van der Waals surface area contributed by atoms with Crippen LogP contribution in [0.3, 0.4) is 0 Å². The summed E-state index contributed by atoms with van der Waals surface area (Å²) in [5, 5.41) is 8.94. The van der Waals surface area contributed by atoms with Gasteiger partial charge in [0.25, 0.3) is 10.0 Å². The molecule has 1 N–H and O–H groups in total. The van der Waals surface area contributed by atoms with Crippen molar-refractivity contribution in [2.75, 3.05) is 6.54 Å². The van der Waals surface area contributed by atoms with Gasteiger partial charge in [0.2, 0.25) is 0 Å². The summed E-state index contributed by atoms with van der Waals surface area (Å²) in [5.41, 5.74) is 0. The minimum Gasteiger partial charge on any atom is -0.391 e. The zero-order chi connectivity index (χ0) is 11.8. The van der Waals surface area contributed by atoms with E-state index in [1.165, 1.54) is 0 Å². The topological polar surface area (TPSA) is 57.6 Å². The molecule has 0 aliphatic heterocycles. The molecular formula is C10H15NO3S2. The average Bonchev–Trinajstić information content (AvgIpc) is 2.95. The van der Waals surface area contributed by atoms with Crippen LogP contribution in [0.2, 0.25) is 0 Å². The van der Waals surface area contributed by atoms with Gasteiger partial charge in [0.1, 0.15) is 4.21 Å². The molecule has 6 heteroatoms. The largest absolute Gasteiger partial charge is 0.391 e. The predicted octanol–water partition coefficient (Wildman–Crippen LogP) is 1.41. The minimum absolute atomic E-state index is 0.101. The molecule has 1 saturated carbocycles. The van der Waals surface area contributed by atoms with E-state index in [0.29, 0.717) is 15.6 Å². The van der Waals surface area contributed by atoms with Crippen molar-refractivity contribution in [2.45, 2.75) is 36.6 Å². The van der Waals surface area contributed by atoms with Gasteiger partial charge in [-0.05, 0) is 25.0 Å². The molecule has 1 fully saturated rings. The molecule has 90 valence electrons. The van der Waals surface area contributed by atoms with Gasteiger partial charge in [0.15, 0.2) is 0 Å². The van der Waals surface area contributed by atoms with Gasteiger partial charge < -0.3 is 5.11 Å². The van der Waals surface area contributed by atoms with Crippen LogP contribution >= 0.6 is 11.3 Å². The van der Waals surface area contributed by atoms with Crippen molar-refractivity contribution in [3.8, 4) is 0 Å². The van der Waals surface area contributed by atoms with E-state index in [4.69, 9.17) is 5.11 Å². The van der Waals surface area contributed by atoms with E-state index in [1.807, 2.05) is 6.92 Å². The van der Waals surface area contributed by atoms with Gasteiger partial charge in [0, 0.05) is 17.5 Å². The van der Waals surface area contributed by atoms with E-state index in [9.17, 15) is 8.42 Å². The van der Waals surface area contributed by atoms with Gasteiger partial charge in [-0.2, -0.15) is 4.31 Å². The van der Waals surface area contributed by atoms with Gasteiger partial charge in [-0.3, -0.25) is 0 Å². The molecule has 0 unspecified atom stereocenters. The lowest BCUT2D eigenvalue weighted by molar-refractivity contribution is 0.285. The molecule has 0 aromatic carbocycles. The van der Waals surface area contributed by atoms with Crippen LogP contribution in [0.4, 0.5) is 0 Å². The summed E-state index contributed by atoms with van der Waals surface area (Å²) in [4.78, 5) is 0.686. The van der Waals surface area contributed by atoms with E-state index < -0.39 is 10.0 Å². The number of rotatable bonds is 5. The van der Waals surface area contributed by atoms with Crippen LogP contribution in [0.15, 0.2) is 16.3 Å². The first kappa shape index (κ1) is 12.0. The van der Waals surface area contributed by atoms with Crippen molar-refractivity contribution in [2.24, 2.45) is 0 Å². The van der Waals surface area contributed by atoms with E-state index in [2.05, 4.69) is 0 Å². The molecule has 1 heterocycles. The number of hydrogen-bond donors (Lipinski definition) is 1. The molecule has 0 spiro atoms. The standard InChI is InChI=1S/C10H15NO3S2/c1-2-11(8-3-4-8)16(13,14)10-6-5-9(7-12)15-10/h5-6,8,12H,2-4,7H2,1H3. The van der Waals surface area contributed by atoms with Crippen molar-refractivity contribution in [3.05, 3.63) is 17.0 Å². The van der Waals surface area contributed by atoms with Gasteiger partial charge in [-0.15, -0.1) is 11.3 Å². The van der Waals surface area contributed by atoms with Gasteiger partial charge >= 0.3 is 0 Å². The maximum Gasteiger partial charge on any atom is 0.252 e. The third-order valence-corrected chi connectivity index (χ3v) is 6.19. The Bertz CT molecular complexity index is 462. The molecule has 1 aromatic heterocycles. The highest BCUT2D eigenvalue weighted by molar-refractivity contribution is 7.91. The fourth-order valence-electron chi connectivity index (χ4n) is 1.68. The lowest BCUT2D eigenvalue weighted by Gasteiger charge is -2.18. The third kappa shape index (κ3) is 2.15. The molecule has 1 aromatic rings. The molecule has 0 amide bonds. The van der Waals surface area contributed by atoms with E-state index in [-0.39, 0.29) is 12.6 Å². The number of aliphatic hydroxyl groups excluding tert-OH is 1. The highest BCUT2D eigenvalue weighted by atomic mass is 32.2. The van der Waals surface area contributed by atoms with Crippen LogP contribution in [0.5, 0.6) is 0 Å². The summed E-state index contributed by atoms with van der Waals surface area (Å²) in [6.45, 7) is 2.27. The summed E-state index contributed by atoms with van der Waals surface area (Å²) < 4.78 is 26.4. The van der Waals surface area contributed by atoms with Gasteiger partial charge in [-0.25, -0.2) is 8.42 Å². The van der Waals surface area contributed by atoms with Gasteiger partial charge in [0.05, 0.1) is 6.61 Å². The van der Waals surface area contributed by atoms with E-state index in [1.54, 1.807) is 16.4 Å². The van der Waals surface area contributed by atoms with Crippen LogP contribution in [-0.4, -0.2) is 30.4 Å². The smallest absolute Gasteiger partial charge is 0.252 e. The first-order chi connectivity index (χ1) is 7.59. The number of sulfonamides is 1. The van der Waals surface area contributed by atoms with Gasteiger partial charge in [-0.1, -0.05) is 6.92 Å². The second-order valence-corrected chi connectivity index (χ2v) is 7.10. The Hall–Kier alpha value is -0.430. The summed E-state index contributed by atoms with van der Waals surface area (Å²) in [5.74, 6) is 0. The maximum absolute atomic E-state index is 12.2. The fraction of sp³-hybridized carbons (Fsp3) is 0.600. The highest BCUT2D eigenvalue weighted by Crippen LogP contribution is 2.33. The first-order valence-corrected chi connectivity index (χ1v) is 7.56. The van der Waals surface area contributed by atoms with E-state index >= 15 is 0 Å². The Morgan fingerprint density at radius 1 is 1.50 bits per heavy atom. The second-order valence-electron chi connectivity index (χ2n) is 3.82. The fourth-order valence-corrected chi connectivity index (χ4v) is 4.72. The Morgan fingerprint density at radius 3 is 2.62 bits per heavy atom. The summed E-state index contributed by atoms with van der Waals surface area (Å²) in [6.07, 6.45) is 1.93. The van der Waals surface area contributed by atoms with Crippen molar-refractivity contribution in [3.63, 3.8) is 0 Å². The van der Waals surface area contributed by atoms with Crippen molar-refractivity contribution < 1.29 is 13.5 Å².